The van der Waals surface area contributed by atoms with Gasteiger partial charge in [0.05, 0.1) is 24.8 Å². The van der Waals surface area contributed by atoms with E-state index in [1.807, 2.05) is 12.3 Å². The number of hydrogen-bond acceptors (Lipinski definition) is 8. The van der Waals surface area contributed by atoms with E-state index in [4.69, 9.17) is 9.47 Å². The zero-order valence-electron chi connectivity index (χ0n) is 16.7. The molecule has 1 aromatic carbocycles. The van der Waals surface area contributed by atoms with E-state index in [1.54, 1.807) is 4.52 Å². The first kappa shape index (κ1) is 20.6. The molecule has 3 aromatic rings. The van der Waals surface area contributed by atoms with Crippen LogP contribution in [0.2, 0.25) is 0 Å². The molecule has 30 heavy (non-hydrogen) atoms. The number of fused-ring (bicyclic) bond motifs is 1. The number of ether oxygens (including phenoxy) is 2. The minimum atomic E-state index is -3.91. The molecule has 0 bridgehead atoms. The number of thiazole rings is 1. The summed E-state index contributed by atoms with van der Waals surface area (Å²) in [7, 11) is -1.00. The number of aromatic nitrogens is 3. The fourth-order valence-electron chi connectivity index (χ4n) is 3.44. The molecule has 1 fully saturated rings. The largest absolute Gasteiger partial charge is 0.493 e. The molecule has 1 atom stereocenters. The second-order valence-corrected chi connectivity index (χ2v) is 9.51. The summed E-state index contributed by atoms with van der Waals surface area (Å²) in [5.41, 5.74) is 0.904. The molecule has 0 saturated carbocycles. The monoisotopic (exact) mass is 451 g/mol. The Morgan fingerprint density at radius 1 is 1.27 bits per heavy atom. The van der Waals surface area contributed by atoms with Gasteiger partial charge < -0.3 is 9.47 Å². The topological polar surface area (TPSA) is 115 Å². The Morgan fingerprint density at radius 3 is 2.73 bits per heavy atom. The van der Waals surface area contributed by atoms with Crippen LogP contribution >= 0.6 is 11.3 Å². The van der Waals surface area contributed by atoms with E-state index in [-0.39, 0.29) is 17.4 Å². The van der Waals surface area contributed by atoms with Gasteiger partial charge in [-0.05, 0) is 31.9 Å². The third kappa shape index (κ3) is 3.50. The molecule has 160 valence electrons. The van der Waals surface area contributed by atoms with Gasteiger partial charge in [0.2, 0.25) is 26.8 Å². The number of carbonyl (C=O) groups excluding carboxylic acids is 1. The Morgan fingerprint density at radius 2 is 2.03 bits per heavy atom. The van der Waals surface area contributed by atoms with Crippen molar-refractivity contribution >= 4 is 38.2 Å². The molecule has 1 aliphatic heterocycles. The van der Waals surface area contributed by atoms with Gasteiger partial charge >= 0.3 is 0 Å². The second-order valence-electron chi connectivity index (χ2n) is 6.79. The number of rotatable bonds is 6. The van der Waals surface area contributed by atoms with Crippen molar-refractivity contribution in [3.05, 3.63) is 29.3 Å². The van der Waals surface area contributed by atoms with Crippen molar-refractivity contribution in [3.63, 3.8) is 0 Å². The van der Waals surface area contributed by atoms with Crippen LogP contribution in [0.4, 0.5) is 5.95 Å². The lowest BCUT2D eigenvalue weighted by atomic mass is 10.2. The maximum Gasteiger partial charge on any atom is 0.250 e. The fraction of sp³-hybridized carbons (Fsp3) is 0.389. The first-order valence-corrected chi connectivity index (χ1v) is 11.5. The molecule has 0 aliphatic carbocycles. The Kier molecular flexibility index (Phi) is 5.38. The highest BCUT2D eigenvalue weighted by atomic mass is 32.2. The van der Waals surface area contributed by atoms with Gasteiger partial charge in [-0.15, -0.1) is 16.4 Å². The van der Waals surface area contributed by atoms with Crippen LogP contribution < -0.4 is 14.8 Å². The average molecular weight is 452 g/mol. The number of benzene rings is 1. The summed E-state index contributed by atoms with van der Waals surface area (Å²) in [5.74, 6) is 0.433. The Balaban J connectivity index is 1.58. The van der Waals surface area contributed by atoms with Gasteiger partial charge in [0, 0.05) is 18.0 Å². The zero-order valence-corrected chi connectivity index (χ0v) is 18.3. The minimum Gasteiger partial charge on any atom is -0.493 e. The number of amides is 1. The minimum absolute atomic E-state index is 0.0381. The zero-order chi connectivity index (χ0) is 21.5. The van der Waals surface area contributed by atoms with E-state index in [9.17, 15) is 13.2 Å². The summed E-state index contributed by atoms with van der Waals surface area (Å²) < 4.78 is 39.7. The summed E-state index contributed by atoms with van der Waals surface area (Å²) >= 11 is 1.41. The Labute approximate surface area is 177 Å². The van der Waals surface area contributed by atoms with Crippen LogP contribution in [0.1, 0.15) is 18.5 Å². The number of aryl methyl sites for hydroxylation is 1. The summed E-state index contributed by atoms with van der Waals surface area (Å²) in [6.07, 6.45) is 0.995. The first-order valence-electron chi connectivity index (χ1n) is 9.20. The lowest BCUT2D eigenvalue weighted by Crippen LogP contribution is -2.43. The van der Waals surface area contributed by atoms with Gasteiger partial charge in [0.15, 0.2) is 11.5 Å². The number of carbonyl (C=O) groups is 1. The van der Waals surface area contributed by atoms with Crippen LogP contribution in [0.3, 0.4) is 0 Å². The smallest absolute Gasteiger partial charge is 0.250 e. The molecule has 1 unspecified atom stereocenters. The standard InChI is InChI=1S/C18H21N5O5S2/c1-11-10-29-18-20-17(21-23(11)18)19-16(24)13-5-4-8-22(13)30(25,26)12-6-7-14(27-2)15(9-12)28-3/h6-7,9-10,13H,4-5,8H2,1-3H3,(H,19,21,24). The maximum absolute atomic E-state index is 13.2. The number of sulfonamides is 1. The fourth-order valence-corrected chi connectivity index (χ4v) is 5.91. The highest BCUT2D eigenvalue weighted by Crippen LogP contribution is 2.33. The van der Waals surface area contributed by atoms with Crippen LogP contribution in [0.15, 0.2) is 28.5 Å². The predicted octanol–water partition coefficient (Wildman–Crippen LogP) is 1.91. The quantitative estimate of drug-likeness (QED) is 0.609. The molecule has 12 heteroatoms. The Bertz CT molecular complexity index is 1200. The number of anilines is 1. The van der Waals surface area contributed by atoms with Crippen molar-refractivity contribution in [2.45, 2.75) is 30.7 Å². The Hall–Kier alpha value is -2.70. The van der Waals surface area contributed by atoms with Crippen molar-refractivity contribution in [3.8, 4) is 11.5 Å². The van der Waals surface area contributed by atoms with Crippen LogP contribution in [0.25, 0.3) is 4.96 Å². The third-order valence-electron chi connectivity index (χ3n) is 4.95. The lowest BCUT2D eigenvalue weighted by molar-refractivity contribution is -0.119. The SMILES string of the molecule is COc1ccc(S(=O)(=O)N2CCCC2C(=O)Nc2nc3scc(C)n3n2)cc1OC. The molecule has 3 heterocycles. The van der Waals surface area contributed by atoms with Crippen molar-refractivity contribution in [2.75, 3.05) is 26.1 Å². The molecule has 2 aromatic heterocycles. The summed E-state index contributed by atoms with van der Waals surface area (Å²) in [4.78, 5) is 17.8. The van der Waals surface area contributed by atoms with E-state index in [1.165, 1.54) is 48.1 Å². The lowest BCUT2D eigenvalue weighted by Gasteiger charge is -2.23. The van der Waals surface area contributed by atoms with Gasteiger partial charge in [0.1, 0.15) is 6.04 Å². The maximum atomic E-state index is 13.2. The molecule has 0 radical (unpaired) electrons. The van der Waals surface area contributed by atoms with Gasteiger partial charge in [-0.1, -0.05) is 0 Å². The van der Waals surface area contributed by atoms with E-state index in [0.717, 1.165) is 5.69 Å². The predicted molar refractivity (Wildman–Crippen MR) is 111 cm³/mol. The summed E-state index contributed by atoms with van der Waals surface area (Å²) in [6.45, 7) is 2.14. The van der Waals surface area contributed by atoms with Crippen LogP contribution in [-0.4, -0.2) is 60.0 Å². The summed E-state index contributed by atoms with van der Waals surface area (Å²) in [5, 5.41) is 8.82. The molecule has 4 rings (SSSR count). The molecule has 1 aliphatic rings. The number of methoxy groups -OCH3 is 2. The average Bonchev–Trinajstić information content (AvgIpc) is 3.45. The highest BCUT2D eigenvalue weighted by Gasteiger charge is 2.40. The van der Waals surface area contributed by atoms with Gasteiger partial charge in [-0.2, -0.15) is 9.29 Å². The second kappa shape index (κ2) is 7.85. The molecule has 1 amide bonds. The number of nitrogens with zero attached hydrogens (tertiary/aromatic N) is 4. The number of hydrogen-bond donors (Lipinski definition) is 1. The van der Waals surface area contributed by atoms with Crippen LogP contribution in [0, 0.1) is 6.92 Å². The molecule has 0 spiro atoms. The molecule has 1 saturated heterocycles. The van der Waals surface area contributed by atoms with Crippen molar-refractivity contribution in [1.29, 1.82) is 0 Å². The van der Waals surface area contributed by atoms with E-state index in [0.29, 0.717) is 29.3 Å². The van der Waals surface area contributed by atoms with E-state index < -0.39 is 22.0 Å². The third-order valence-corrected chi connectivity index (χ3v) is 7.79. The van der Waals surface area contributed by atoms with Gasteiger partial charge in [0.25, 0.3) is 0 Å². The van der Waals surface area contributed by atoms with Gasteiger partial charge in [-0.25, -0.2) is 12.9 Å². The molecule has 10 nitrogen and oxygen atoms in total. The molecule has 1 N–H and O–H groups in total. The number of nitrogens with one attached hydrogen (secondary N) is 1. The first-order chi connectivity index (χ1) is 14.3. The van der Waals surface area contributed by atoms with Crippen LogP contribution in [-0.2, 0) is 14.8 Å². The van der Waals surface area contributed by atoms with Crippen molar-refractivity contribution in [1.82, 2.24) is 18.9 Å². The molecular formula is C18H21N5O5S2. The summed E-state index contributed by atoms with van der Waals surface area (Å²) in [6, 6.07) is 3.53. The van der Waals surface area contributed by atoms with Crippen LogP contribution in [0.5, 0.6) is 11.5 Å². The highest BCUT2D eigenvalue weighted by molar-refractivity contribution is 7.89. The normalized spacial score (nSPS) is 17.4. The van der Waals surface area contributed by atoms with Gasteiger partial charge in [-0.3, -0.25) is 10.1 Å². The van der Waals surface area contributed by atoms with Crippen molar-refractivity contribution < 1.29 is 22.7 Å². The molecular weight excluding hydrogens is 430 g/mol. The van der Waals surface area contributed by atoms with E-state index in [2.05, 4.69) is 15.4 Å². The van der Waals surface area contributed by atoms with Crippen molar-refractivity contribution in [2.24, 2.45) is 0 Å². The van der Waals surface area contributed by atoms with E-state index >= 15 is 0 Å².